The fourth-order valence-corrected chi connectivity index (χ4v) is 4.50. The van der Waals surface area contributed by atoms with E-state index in [9.17, 15) is 9.59 Å². The number of carbonyl (C=O) groups excluding carboxylic acids is 2. The van der Waals surface area contributed by atoms with Crippen LogP contribution in [-0.4, -0.2) is 43.0 Å². The maximum atomic E-state index is 12.0. The lowest BCUT2D eigenvalue weighted by molar-refractivity contribution is -0.152. The Hall–Kier alpha value is -2.86. The molecule has 1 aliphatic rings. The van der Waals surface area contributed by atoms with E-state index in [1.807, 2.05) is 19.9 Å². The van der Waals surface area contributed by atoms with Gasteiger partial charge in [-0.15, -0.1) is 0 Å². The molecule has 2 rings (SSSR count). The van der Waals surface area contributed by atoms with Crippen molar-refractivity contribution in [2.45, 2.75) is 80.1 Å². The molecule has 0 unspecified atom stereocenters. The maximum Gasteiger partial charge on any atom is 0.397 e. The third kappa shape index (κ3) is 11.0. The van der Waals surface area contributed by atoms with Crippen LogP contribution < -0.4 is 10.1 Å². The molecule has 0 bridgehead atoms. The Balaban J connectivity index is 2.00. The van der Waals surface area contributed by atoms with Crippen LogP contribution >= 0.6 is 0 Å². The predicted octanol–water partition coefficient (Wildman–Crippen LogP) is 6.88. The Kier molecular flexibility index (Phi) is 13.2. The number of ether oxygens (including phenoxy) is 2. The van der Waals surface area contributed by atoms with Crippen molar-refractivity contribution in [3.05, 3.63) is 58.9 Å². The largest absolute Gasteiger partial charge is 0.459 e. The van der Waals surface area contributed by atoms with Crippen molar-refractivity contribution in [2.75, 3.05) is 31.6 Å². The van der Waals surface area contributed by atoms with E-state index in [0.29, 0.717) is 11.6 Å². The molecule has 0 radical (unpaired) electrons. The molecule has 0 fully saturated rings. The number of nitrogens with one attached hydrogen (secondary N) is 1. The number of hydrogen-bond acceptors (Lipinski definition) is 5. The van der Waals surface area contributed by atoms with E-state index in [-0.39, 0.29) is 6.61 Å². The number of benzene rings is 1. The monoisotopic (exact) mass is 510 g/mol. The van der Waals surface area contributed by atoms with Crippen molar-refractivity contribution in [2.24, 2.45) is 5.92 Å². The van der Waals surface area contributed by atoms with Gasteiger partial charge in [0.25, 0.3) is 0 Å². The molecule has 1 N–H and O–H groups in total. The van der Waals surface area contributed by atoms with Gasteiger partial charge < -0.3 is 14.8 Å². The molecule has 0 atom stereocenters. The van der Waals surface area contributed by atoms with E-state index in [1.54, 1.807) is 19.1 Å². The van der Waals surface area contributed by atoms with E-state index < -0.39 is 11.9 Å². The van der Waals surface area contributed by atoms with Crippen molar-refractivity contribution >= 4 is 17.6 Å². The number of nitrogens with zero attached hydrogens (tertiary/aromatic N) is 1. The molecule has 6 heteroatoms. The van der Waals surface area contributed by atoms with Gasteiger partial charge in [0.2, 0.25) is 0 Å². The average Bonchev–Trinajstić information content (AvgIpc) is 3.06. The number of anilines is 1. The molecule has 1 amide bonds. The first-order chi connectivity index (χ1) is 17.7. The van der Waals surface area contributed by atoms with Crippen LogP contribution in [0.3, 0.4) is 0 Å². The summed E-state index contributed by atoms with van der Waals surface area (Å²) < 4.78 is 11.0. The Morgan fingerprint density at radius 1 is 1.05 bits per heavy atom. The second-order valence-corrected chi connectivity index (χ2v) is 10.3. The molecule has 204 valence electrons. The molecule has 37 heavy (non-hydrogen) atoms. The van der Waals surface area contributed by atoms with Gasteiger partial charge in [-0.05, 0) is 81.5 Å². The van der Waals surface area contributed by atoms with Gasteiger partial charge in [-0.1, -0.05) is 64.2 Å². The van der Waals surface area contributed by atoms with Gasteiger partial charge in [0, 0.05) is 18.8 Å². The van der Waals surface area contributed by atoms with E-state index in [0.717, 1.165) is 48.7 Å². The van der Waals surface area contributed by atoms with E-state index >= 15 is 0 Å². The van der Waals surface area contributed by atoms with Gasteiger partial charge in [-0.2, -0.15) is 0 Å². The topological polar surface area (TPSA) is 67.9 Å². The summed E-state index contributed by atoms with van der Waals surface area (Å²) in [5, 5.41) is 2.60. The summed E-state index contributed by atoms with van der Waals surface area (Å²) in [4.78, 5) is 26.2. The Morgan fingerprint density at radius 3 is 2.41 bits per heavy atom. The summed E-state index contributed by atoms with van der Waals surface area (Å²) in [6, 6.07) is 3.60. The highest BCUT2D eigenvalue weighted by molar-refractivity contribution is 6.37. The molecule has 1 aromatic carbocycles. The van der Waals surface area contributed by atoms with Crippen LogP contribution in [0.4, 0.5) is 5.69 Å². The van der Waals surface area contributed by atoms with Crippen molar-refractivity contribution < 1.29 is 19.1 Å². The molecule has 0 heterocycles. The van der Waals surface area contributed by atoms with Gasteiger partial charge in [0.15, 0.2) is 0 Å². The van der Waals surface area contributed by atoms with Gasteiger partial charge in [-0.25, -0.2) is 4.79 Å². The highest BCUT2D eigenvalue weighted by atomic mass is 16.5. The molecular weight excluding hydrogens is 464 g/mol. The molecule has 0 saturated carbocycles. The number of unbranched alkanes of at least 4 members (excludes halogenated alkanes) is 4. The molecule has 0 saturated heterocycles. The molecule has 0 aliphatic heterocycles. The van der Waals surface area contributed by atoms with Crippen LogP contribution in [0.2, 0.25) is 0 Å². The second kappa shape index (κ2) is 16.1. The van der Waals surface area contributed by atoms with Crippen LogP contribution in [0.1, 0.15) is 77.3 Å². The summed E-state index contributed by atoms with van der Waals surface area (Å²) in [7, 11) is 0. The van der Waals surface area contributed by atoms with Crippen molar-refractivity contribution in [3.8, 4) is 5.75 Å². The zero-order valence-corrected chi connectivity index (χ0v) is 23.7. The van der Waals surface area contributed by atoms with E-state index in [1.165, 1.54) is 37.7 Å². The van der Waals surface area contributed by atoms with E-state index in [4.69, 9.17) is 9.47 Å². The van der Waals surface area contributed by atoms with Crippen LogP contribution in [0.5, 0.6) is 5.75 Å². The average molecular weight is 511 g/mol. The zero-order valence-electron chi connectivity index (χ0n) is 23.7. The second-order valence-electron chi connectivity index (χ2n) is 10.3. The smallest absolute Gasteiger partial charge is 0.397 e. The van der Waals surface area contributed by atoms with Gasteiger partial charge in [0.05, 0.1) is 6.61 Å². The molecule has 1 aromatic rings. The SMILES string of the molecule is CCCCCCCN(CC1=CC=CC(Oc2c(C)cc(NC(=O)C(=O)OCC)cc2C)=CC1)CC(C)C. The summed E-state index contributed by atoms with van der Waals surface area (Å²) in [5.41, 5.74) is 3.67. The first-order valence-corrected chi connectivity index (χ1v) is 13.8. The minimum atomic E-state index is -0.890. The minimum Gasteiger partial charge on any atom is -0.459 e. The number of aryl methyl sites for hydroxylation is 2. The Labute approximate surface area is 223 Å². The zero-order chi connectivity index (χ0) is 27.2. The molecule has 6 nitrogen and oxygen atoms in total. The van der Waals surface area contributed by atoms with Crippen LogP contribution in [-0.2, 0) is 14.3 Å². The molecule has 0 spiro atoms. The van der Waals surface area contributed by atoms with Crippen molar-refractivity contribution in [1.29, 1.82) is 0 Å². The fourth-order valence-electron chi connectivity index (χ4n) is 4.50. The number of amides is 1. The number of carbonyl (C=O) groups is 2. The van der Waals surface area contributed by atoms with Gasteiger partial charge in [0.1, 0.15) is 11.5 Å². The summed E-state index contributed by atoms with van der Waals surface area (Å²) in [5.74, 6) is 0.522. The van der Waals surface area contributed by atoms with Crippen molar-refractivity contribution in [1.82, 2.24) is 4.90 Å². The van der Waals surface area contributed by atoms with Gasteiger partial charge >= 0.3 is 11.9 Å². The lowest BCUT2D eigenvalue weighted by atomic mass is 10.1. The summed E-state index contributed by atoms with van der Waals surface area (Å²) in [6.45, 7) is 15.7. The standard InChI is InChI=1S/C31H46N2O4/c1-7-9-10-11-12-18-33(21-23(3)4)22-26-14-13-15-28(17-16-26)37-29-24(5)19-27(20-25(29)6)32-30(34)31(35)36-8-2/h13-15,17,19-20,23H,7-12,16,18,21-22H2,1-6H3,(H,32,34). The highest BCUT2D eigenvalue weighted by Crippen LogP contribution is 2.30. The quantitative estimate of drug-likeness (QED) is 0.168. The fraction of sp³-hybridized carbons (Fsp3) is 0.548. The first-order valence-electron chi connectivity index (χ1n) is 13.8. The summed E-state index contributed by atoms with van der Waals surface area (Å²) in [6.07, 6.45) is 15.8. The molecule has 1 aliphatic carbocycles. The van der Waals surface area contributed by atoms with Crippen LogP contribution in [0, 0.1) is 19.8 Å². The Morgan fingerprint density at radius 2 is 1.76 bits per heavy atom. The van der Waals surface area contributed by atoms with Crippen LogP contribution in [0.15, 0.2) is 47.8 Å². The lowest BCUT2D eigenvalue weighted by Crippen LogP contribution is -2.30. The Bertz CT molecular complexity index is 968. The number of rotatable bonds is 14. The third-order valence-electron chi connectivity index (χ3n) is 6.18. The molecular formula is C31H46N2O4. The normalized spacial score (nSPS) is 13.3. The number of allylic oxidation sites excluding steroid dienone is 4. The third-order valence-corrected chi connectivity index (χ3v) is 6.18. The van der Waals surface area contributed by atoms with Crippen LogP contribution in [0.25, 0.3) is 0 Å². The minimum absolute atomic E-state index is 0.158. The maximum absolute atomic E-state index is 12.0. The predicted molar refractivity (Wildman–Crippen MR) is 152 cm³/mol. The number of hydrogen-bond donors (Lipinski definition) is 1. The number of esters is 1. The van der Waals surface area contributed by atoms with Gasteiger partial charge in [-0.3, -0.25) is 9.69 Å². The first kappa shape index (κ1) is 30.4. The van der Waals surface area contributed by atoms with E-state index in [2.05, 4.69) is 49.2 Å². The molecule has 0 aromatic heterocycles. The highest BCUT2D eigenvalue weighted by Gasteiger charge is 2.17. The lowest BCUT2D eigenvalue weighted by Gasteiger charge is -2.25. The summed E-state index contributed by atoms with van der Waals surface area (Å²) >= 11 is 0. The van der Waals surface area contributed by atoms with Crippen molar-refractivity contribution in [3.63, 3.8) is 0 Å².